The van der Waals surface area contributed by atoms with E-state index in [-0.39, 0.29) is 6.61 Å². The van der Waals surface area contributed by atoms with Crippen LogP contribution in [-0.4, -0.2) is 57.1 Å². The number of rotatable bonds is 14. The third-order valence-electron chi connectivity index (χ3n) is 6.74. The summed E-state index contributed by atoms with van der Waals surface area (Å²) in [5, 5.41) is 11.1. The molecule has 0 saturated carbocycles. The molecule has 3 aromatic carbocycles. The number of ether oxygens (including phenoxy) is 5. The van der Waals surface area contributed by atoms with E-state index >= 15 is 0 Å². The second kappa shape index (κ2) is 14.9. The van der Waals surface area contributed by atoms with E-state index in [9.17, 15) is 5.11 Å². The minimum atomic E-state index is -1.35. The molecule has 5 atom stereocenters. The van der Waals surface area contributed by atoms with E-state index in [0.717, 1.165) is 22.7 Å². The molecule has 1 N–H and O–H groups in total. The summed E-state index contributed by atoms with van der Waals surface area (Å²) in [5.74, 6) is 0. The lowest BCUT2D eigenvalue weighted by atomic mass is 9.98. The van der Waals surface area contributed by atoms with Crippen LogP contribution in [0.15, 0.2) is 91.0 Å². The zero-order chi connectivity index (χ0) is 27.5. The van der Waals surface area contributed by atoms with Gasteiger partial charge < -0.3 is 28.8 Å². The smallest absolute Gasteiger partial charge is 0.184 e. The molecular formula is C32H42O6Si. The van der Waals surface area contributed by atoms with Gasteiger partial charge in [-0.1, -0.05) is 111 Å². The van der Waals surface area contributed by atoms with E-state index in [0.29, 0.717) is 26.4 Å². The van der Waals surface area contributed by atoms with Gasteiger partial charge in [0.25, 0.3) is 0 Å². The van der Waals surface area contributed by atoms with Crippen molar-refractivity contribution >= 4 is 8.07 Å². The number of aliphatic hydroxyl groups excluding tert-OH is 1. The maximum absolute atomic E-state index is 11.1. The highest BCUT2D eigenvalue weighted by Gasteiger charge is 2.48. The van der Waals surface area contributed by atoms with Crippen LogP contribution >= 0.6 is 0 Å². The molecule has 1 aliphatic heterocycles. The van der Waals surface area contributed by atoms with Gasteiger partial charge >= 0.3 is 0 Å². The molecule has 0 spiro atoms. The molecule has 1 heterocycles. The molecule has 1 saturated heterocycles. The maximum atomic E-state index is 11.1. The minimum absolute atomic E-state index is 0.255. The van der Waals surface area contributed by atoms with Gasteiger partial charge in [0.2, 0.25) is 0 Å². The second-order valence-electron chi connectivity index (χ2n) is 11.2. The fourth-order valence-corrected chi connectivity index (χ4v) is 5.23. The number of hydrogen-bond donors (Lipinski definition) is 1. The molecule has 1 fully saturated rings. The molecule has 6 nitrogen and oxygen atoms in total. The van der Waals surface area contributed by atoms with Crippen LogP contribution in [0.3, 0.4) is 0 Å². The predicted octanol–water partition coefficient (Wildman–Crippen LogP) is 5.81. The minimum Gasteiger partial charge on any atom is -0.374 e. The van der Waals surface area contributed by atoms with Crippen molar-refractivity contribution in [1.82, 2.24) is 0 Å². The molecule has 0 aromatic heterocycles. The normalized spacial score (nSPS) is 23.5. The molecule has 7 heteroatoms. The Hall–Kier alpha value is -2.36. The first-order valence-electron chi connectivity index (χ1n) is 13.8. The van der Waals surface area contributed by atoms with Crippen molar-refractivity contribution in [1.29, 1.82) is 0 Å². The average molecular weight is 551 g/mol. The molecule has 0 amide bonds. The van der Waals surface area contributed by atoms with Crippen LogP contribution in [-0.2, 0) is 43.5 Å². The third kappa shape index (κ3) is 9.65. The van der Waals surface area contributed by atoms with Crippen molar-refractivity contribution in [3.8, 4) is 0 Å². The molecular weight excluding hydrogens is 508 g/mol. The van der Waals surface area contributed by atoms with Crippen molar-refractivity contribution in [2.24, 2.45) is 0 Å². The van der Waals surface area contributed by atoms with Crippen LogP contribution in [0.1, 0.15) is 16.7 Å². The first-order chi connectivity index (χ1) is 18.9. The second-order valence-corrected chi connectivity index (χ2v) is 16.9. The van der Waals surface area contributed by atoms with Crippen molar-refractivity contribution < 1.29 is 28.8 Å². The standard InChI is InChI=1S/C32H42O6Si/c1-39(2,3)20-19-35-30-29(36-22-26-15-9-5-10-16-26)28(24-34-21-25-13-7-4-8-14-25)38-32(33)31(30)37-23-27-17-11-6-12-18-27/h4-18,28-33H,19-24H2,1-3H3/t28-,29+,30+,31-,32+/m1/s1. The maximum Gasteiger partial charge on any atom is 0.184 e. The van der Waals surface area contributed by atoms with E-state index < -0.39 is 38.8 Å². The van der Waals surface area contributed by atoms with E-state index in [2.05, 4.69) is 19.6 Å². The highest BCUT2D eigenvalue weighted by atomic mass is 28.3. The lowest BCUT2D eigenvalue weighted by Gasteiger charge is -2.44. The Morgan fingerprint density at radius 1 is 0.641 bits per heavy atom. The van der Waals surface area contributed by atoms with E-state index in [1.54, 1.807) is 0 Å². The van der Waals surface area contributed by atoms with E-state index in [1.807, 2.05) is 91.0 Å². The molecule has 4 rings (SSSR count). The summed E-state index contributed by atoms with van der Waals surface area (Å²) in [6.45, 7) is 8.95. The Bertz CT molecular complexity index is 1080. The molecule has 210 valence electrons. The third-order valence-corrected chi connectivity index (χ3v) is 8.44. The number of aliphatic hydroxyl groups is 1. The molecule has 3 aromatic rings. The van der Waals surface area contributed by atoms with Gasteiger partial charge in [-0.15, -0.1) is 0 Å². The molecule has 0 bridgehead atoms. The fraction of sp³-hybridized carbons (Fsp3) is 0.438. The first kappa shape index (κ1) is 29.6. The molecule has 0 unspecified atom stereocenters. The van der Waals surface area contributed by atoms with Crippen LogP contribution < -0.4 is 0 Å². The Labute approximate surface area is 233 Å². The monoisotopic (exact) mass is 550 g/mol. The van der Waals surface area contributed by atoms with Gasteiger partial charge in [0, 0.05) is 14.7 Å². The van der Waals surface area contributed by atoms with Gasteiger partial charge in [0.15, 0.2) is 6.29 Å². The van der Waals surface area contributed by atoms with Gasteiger partial charge in [-0.3, -0.25) is 0 Å². The zero-order valence-electron chi connectivity index (χ0n) is 23.3. The van der Waals surface area contributed by atoms with Gasteiger partial charge in [-0.05, 0) is 22.7 Å². The van der Waals surface area contributed by atoms with Crippen molar-refractivity contribution in [3.05, 3.63) is 108 Å². The lowest BCUT2D eigenvalue weighted by Crippen LogP contribution is -2.61. The van der Waals surface area contributed by atoms with Crippen LogP contribution in [0.2, 0.25) is 25.7 Å². The van der Waals surface area contributed by atoms with Gasteiger partial charge in [0.05, 0.1) is 26.4 Å². The summed E-state index contributed by atoms with van der Waals surface area (Å²) in [7, 11) is -1.35. The zero-order valence-corrected chi connectivity index (χ0v) is 24.3. The topological polar surface area (TPSA) is 66.4 Å². The van der Waals surface area contributed by atoms with Crippen LogP contribution in [0, 0.1) is 0 Å². The van der Waals surface area contributed by atoms with Gasteiger partial charge in [-0.25, -0.2) is 0 Å². The summed E-state index contributed by atoms with van der Waals surface area (Å²) >= 11 is 0. The summed E-state index contributed by atoms with van der Waals surface area (Å²) in [5.41, 5.74) is 3.14. The van der Waals surface area contributed by atoms with Crippen molar-refractivity contribution in [3.63, 3.8) is 0 Å². The summed E-state index contributed by atoms with van der Waals surface area (Å²) in [6.07, 6.45) is -3.43. The number of hydrogen-bond acceptors (Lipinski definition) is 6. The van der Waals surface area contributed by atoms with Gasteiger partial charge in [-0.2, -0.15) is 0 Å². The highest BCUT2D eigenvalue weighted by molar-refractivity contribution is 6.76. The van der Waals surface area contributed by atoms with Crippen molar-refractivity contribution in [2.75, 3.05) is 13.2 Å². The van der Waals surface area contributed by atoms with Crippen molar-refractivity contribution in [2.45, 2.75) is 76.2 Å². The Morgan fingerprint density at radius 2 is 1.13 bits per heavy atom. The highest BCUT2D eigenvalue weighted by Crippen LogP contribution is 2.30. The van der Waals surface area contributed by atoms with Crippen LogP contribution in [0.5, 0.6) is 0 Å². The average Bonchev–Trinajstić information content (AvgIpc) is 2.93. The van der Waals surface area contributed by atoms with Gasteiger partial charge in [0.1, 0.15) is 24.4 Å². The lowest BCUT2D eigenvalue weighted by molar-refractivity contribution is -0.315. The number of benzene rings is 3. The van der Waals surface area contributed by atoms with Crippen LogP contribution in [0.25, 0.3) is 0 Å². The van der Waals surface area contributed by atoms with Crippen LogP contribution in [0.4, 0.5) is 0 Å². The Balaban J connectivity index is 1.52. The Morgan fingerprint density at radius 3 is 1.64 bits per heavy atom. The fourth-order valence-electron chi connectivity index (χ4n) is 4.50. The predicted molar refractivity (Wildman–Crippen MR) is 155 cm³/mol. The Kier molecular flexibility index (Phi) is 11.3. The summed E-state index contributed by atoms with van der Waals surface area (Å²) in [4.78, 5) is 0. The largest absolute Gasteiger partial charge is 0.374 e. The molecule has 0 aliphatic carbocycles. The SMILES string of the molecule is C[Si](C)(C)CCO[C@@H]1[C@@H](OCc2ccccc2)[C@@H](O)O[C@H](COCc2ccccc2)[C@@H]1OCc1ccccc1. The molecule has 39 heavy (non-hydrogen) atoms. The quantitative estimate of drug-likeness (QED) is 0.255. The van der Waals surface area contributed by atoms with E-state index in [1.165, 1.54) is 0 Å². The molecule has 0 radical (unpaired) electrons. The first-order valence-corrected chi connectivity index (χ1v) is 17.5. The molecule has 1 aliphatic rings. The van der Waals surface area contributed by atoms with E-state index in [4.69, 9.17) is 23.7 Å². The summed E-state index contributed by atoms with van der Waals surface area (Å²) < 4.78 is 31.5. The summed E-state index contributed by atoms with van der Waals surface area (Å²) in [6, 6.07) is 31.0.